The van der Waals surface area contributed by atoms with Crippen molar-refractivity contribution in [3.63, 3.8) is 0 Å². The molecule has 3 heterocycles. The van der Waals surface area contributed by atoms with Gasteiger partial charge in [-0.2, -0.15) is 4.31 Å². The van der Waals surface area contributed by atoms with Gasteiger partial charge in [0.15, 0.2) is 0 Å². The molecule has 2 aromatic carbocycles. The summed E-state index contributed by atoms with van der Waals surface area (Å²) in [6.07, 6.45) is 2.72. The molecule has 0 saturated carbocycles. The average Bonchev–Trinajstić information content (AvgIpc) is 3.24. The van der Waals surface area contributed by atoms with E-state index in [-0.39, 0.29) is 24.3 Å². The highest BCUT2D eigenvalue weighted by molar-refractivity contribution is 7.89. The van der Waals surface area contributed by atoms with E-state index in [2.05, 4.69) is 5.32 Å². The summed E-state index contributed by atoms with van der Waals surface area (Å²) in [7, 11) is -3.62. The van der Waals surface area contributed by atoms with Crippen LogP contribution in [0.5, 0.6) is 0 Å². The van der Waals surface area contributed by atoms with Gasteiger partial charge in [0, 0.05) is 32.7 Å². The maximum atomic E-state index is 13.3. The van der Waals surface area contributed by atoms with Crippen molar-refractivity contribution in [2.24, 2.45) is 0 Å². The number of rotatable bonds is 4. The van der Waals surface area contributed by atoms with Crippen molar-refractivity contribution in [1.29, 1.82) is 0 Å². The number of imide groups is 1. The minimum atomic E-state index is -3.62. The molecule has 0 bridgehead atoms. The number of hydrogen-bond donors (Lipinski definition) is 1. The Kier molecular flexibility index (Phi) is 5.61. The zero-order valence-electron chi connectivity index (χ0n) is 17.7. The van der Waals surface area contributed by atoms with Crippen molar-refractivity contribution in [2.45, 2.75) is 55.5 Å². The number of piperidine rings is 1. The molecule has 0 spiro atoms. The Morgan fingerprint density at radius 1 is 0.875 bits per heavy atom. The lowest BCUT2D eigenvalue weighted by atomic mass is 9.89. The Balaban J connectivity index is 1.32. The largest absolute Gasteiger partial charge is 0.381 e. The molecule has 32 heavy (non-hydrogen) atoms. The van der Waals surface area contributed by atoms with Crippen molar-refractivity contribution in [2.75, 3.05) is 13.2 Å². The smallest absolute Gasteiger partial charge is 0.243 e. The summed E-state index contributed by atoms with van der Waals surface area (Å²) < 4.78 is 33.4. The van der Waals surface area contributed by atoms with Crippen LogP contribution in [0.15, 0.2) is 47.4 Å². The van der Waals surface area contributed by atoms with Crippen LogP contribution in [0.25, 0.3) is 0 Å². The third-order valence-corrected chi connectivity index (χ3v) is 8.58. The van der Waals surface area contributed by atoms with Crippen LogP contribution < -0.4 is 5.32 Å². The van der Waals surface area contributed by atoms with Crippen LogP contribution >= 0.6 is 0 Å². The molecule has 0 aliphatic carbocycles. The van der Waals surface area contributed by atoms with E-state index in [4.69, 9.17) is 4.74 Å². The maximum Gasteiger partial charge on any atom is 0.243 e. The third kappa shape index (κ3) is 3.98. The number of fused-ring (bicyclic) bond motifs is 1. The standard InChI is InChI=1S/C24H26N2O5S/c27-23-8-7-22(24(28)25-23)18-1-2-19-14-26(15-20(19)13-18)32(29,30)21-5-3-16(4-6-21)17-9-11-31-12-10-17/h1-6,13,17,22H,7-12,14-15H2,(H,25,27,28). The van der Waals surface area contributed by atoms with E-state index in [1.54, 1.807) is 12.1 Å². The van der Waals surface area contributed by atoms with Gasteiger partial charge in [-0.3, -0.25) is 14.9 Å². The second kappa shape index (κ2) is 8.42. The van der Waals surface area contributed by atoms with Crippen molar-refractivity contribution < 1.29 is 22.7 Å². The summed E-state index contributed by atoms with van der Waals surface area (Å²) in [4.78, 5) is 23.9. The fourth-order valence-electron chi connectivity index (χ4n) is 4.87. The fraction of sp³-hybridized carbons (Fsp3) is 0.417. The summed E-state index contributed by atoms with van der Waals surface area (Å²) in [5, 5.41) is 2.39. The number of sulfonamides is 1. The van der Waals surface area contributed by atoms with E-state index in [1.807, 2.05) is 30.3 Å². The highest BCUT2D eigenvalue weighted by Gasteiger charge is 2.33. The summed E-state index contributed by atoms with van der Waals surface area (Å²) in [6, 6.07) is 12.9. The Labute approximate surface area is 187 Å². The van der Waals surface area contributed by atoms with Crippen LogP contribution in [0, 0.1) is 0 Å². The molecule has 0 radical (unpaired) electrons. The number of ether oxygens (including phenoxy) is 1. The van der Waals surface area contributed by atoms with Gasteiger partial charge in [0.2, 0.25) is 21.8 Å². The number of nitrogens with one attached hydrogen (secondary N) is 1. The first-order chi connectivity index (χ1) is 15.4. The first-order valence-electron chi connectivity index (χ1n) is 11.0. The van der Waals surface area contributed by atoms with Crippen molar-refractivity contribution in [3.8, 4) is 0 Å². The molecule has 1 atom stereocenters. The van der Waals surface area contributed by atoms with Crippen LogP contribution in [0.3, 0.4) is 0 Å². The number of amides is 2. The number of benzene rings is 2. The maximum absolute atomic E-state index is 13.3. The summed E-state index contributed by atoms with van der Waals surface area (Å²) in [5.41, 5.74) is 3.85. The van der Waals surface area contributed by atoms with E-state index in [0.717, 1.165) is 48.3 Å². The predicted octanol–water partition coefficient (Wildman–Crippen LogP) is 2.81. The first kappa shape index (κ1) is 21.3. The Morgan fingerprint density at radius 3 is 2.28 bits per heavy atom. The highest BCUT2D eigenvalue weighted by Crippen LogP contribution is 2.34. The number of carbonyl (C=O) groups is 2. The van der Waals surface area contributed by atoms with Gasteiger partial charge in [-0.05, 0) is 59.6 Å². The van der Waals surface area contributed by atoms with Gasteiger partial charge in [0.25, 0.3) is 0 Å². The number of hydrogen-bond acceptors (Lipinski definition) is 5. The van der Waals surface area contributed by atoms with Crippen LogP contribution in [-0.2, 0) is 37.4 Å². The van der Waals surface area contributed by atoms with Gasteiger partial charge in [0.1, 0.15) is 0 Å². The minimum absolute atomic E-state index is 0.243. The van der Waals surface area contributed by atoms with Crippen LogP contribution in [0.4, 0.5) is 0 Å². The van der Waals surface area contributed by atoms with Crippen LogP contribution in [0.2, 0.25) is 0 Å². The lowest BCUT2D eigenvalue weighted by Crippen LogP contribution is -2.39. The van der Waals surface area contributed by atoms with Crippen molar-refractivity contribution >= 4 is 21.8 Å². The van der Waals surface area contributed by atoms with E-state index >= 15 is 0 Å². The van der Waals surface area contributed by atoms with Crippen molar-refractivity contribution in [3.05, 3.63) is 64.7 Å². The van der Waals surface area contributed by atoms with Crippen LogP contribution in [-0.4, -0.2) is 37.8 Å². The second-order valence-corrected chi connectivity index (χ2v) is 10.7. The van der Waals surface area contributed by atoms with Gasteiger partial charge >= 0.3 is 0 Å². The fourth-order valence-corrected chi connectivity index (χ4v) is 6.27. The van der Waals surface area contributed by atoms with Gasteiger partial charge in [0.05, 0.1) is 10.8 Å². The van der Waals surface area contributed by atoms with E-state index in [1.165, 1.54) is 4.31 Å². The number of nitrogens with zero attached hydrogens (tertiary/aromatic N) is 1. The molecule has 2 saturated heterocycles. The van der Waals surface area contributed by atoms with Gasteiger partial charge in [-0.15, -0.1) is 0 Å². The quantitative estimate of drug-likeness (QED) is 0.717. The molecule has 1 unspecified atom stereocenters. The molecule has 2 fully saturated rings. The lowest BCUT2D eigenvalue weighted by Gasteiger charge is -2.23. The van der Waals surface area contributed by atoms with E-state index < -0.39 is 10.0 Å². The summed E-state index contributed by atoms with van der Waals surface area (Å²) in [5.74, 6) is -0.482. The highest BCUT2D eigenvalue weighted by atomic mass is 32.2. The number of carbonyl (C=O) groups excluding carboxylic acids is 2. The van der Waals surface area contributed by atoms with E-state index in [9.17, 15) is 18.0 Å². The Hall–Kier alpha value is -2.55. The molecule has 3 aliphatic rings. The predicted molar refractivity (Wildman–Crippen MR) is 117 cm³/mol. The minimum Gasteiger partial charge on any atom is -0.381 e. The first-order valence-corrected chi connectivity index (χ1v) is 12.5. The topological polar surface area (TPSA) is 92.8 Å². The molecular formula is C24H26N2O5S. The zero-order valence-corrected chi connectivity index (χ0v) is 18.6. The van der Waals surface area contributed by atoms with Crippen LogP contribution in [0.1, 0.15) is 59.8 Å². The molecular weight excluding hydrogens is 428 g/mol. The monoisotopic (exact) mass is 454 g/mol. The SMILES string of the molecule is O=C1CCC(c2ccc3c(c2)CN(S(=O)(=O)c2ccc(C4CCOCC4)cc2)C3)C(=O)N1. The molecule has 0 aromatic heterocycles. The molecule has 7 nitrogen and oxygen atoms in total. The lowest BCUT2D eigenvalue weighted by molar-refractivity contribution is -0.134. The second-order valence-electron chi connectivity index (χ2n) is 8.76. The molecule has 3 aliphatic heterocycles. The van der Waals surface area contributed by atoms with Gasteiger partial charge in [-0.1, -0.05) is 30.3 Å². The molecule has 2 aromatic rings. The van der Waals surface area contributed by atoms with E-state index in [0.29, 0.717) is 30.2 Å². The zero-order chi connectivity index (χ0) is 22.3. The van der Waals surface area contributed by atoms with Crippen molar-refractivity contribution in [1.82, 2.24) is 9.62 Å². The molecule has 2 amide bonds. The molecule has 5 rings (SSSR count). The molecule has 168 valence electrons. The summed E-state index contributed by atoms with van der Waals surface area (Å²) in [6.45, 7) is 2.09. The average molecular weight is 455 g/mol. The van der Waals surface area contributed by atoms with Gasteiger partial charge in [-0.25, -0.2) is 8.42 Å². The molecule has 8 heteroatoms. The third-order valence-electron chi connectivity index (χ3n) is 6.78. The van der Waals surface area contributed by atoms with Gasteiger partial charge < -0.3 is 4.74 Å². The summed E-state index contributed by atoms with van der Waals surface area (Å²) >= 11 is 0. The Bertz CT molecular complexity index is 1150. The normalized spacial score (nSPS) is 22.6. The Morgan fingerprint density at radius 2 is 1.56 bits per heavy atom. The molecule has 1 N–H and O–H groups in total.